The van der Waals surface area contributed by atoms with Crippen molar-refractivity contribution >= 4 is 6.72 Å². The quantitative estimate of drug-likeness (QED) is 0.342. The van der Waals surface area contributed by atoms with Crippen LogP contribution in [-0.4, -0.2) is 19.8 Å². The minimum Gasteiger partial charge on any atom is -0.330 e. The molecule has 0 aliphatic rings. The Balaban J connectivity index is 4.12. The highest BCUT2D eigenvalue weighted by Crippen LogP contribution is 2.32. The average Bonchev–Trinajstić information content (AvgIpc) is 2.29. The van der Waals surface area contributed by atoms with Gasteiger partial charge in [-0.3, -0.25) is 0 Å². The zero-order chi connectivity index (χ0) is 12.3. The lowest BCUT2D eigenvalue weighted by atomic mass is 9.76. The molecule has 3 N–H and O–H groups in total. The van der Waals surface area contributed by atoms with Gasteiger partial charge < -0.3 is 5.73 Å². The summed E-state index contributed by atoms with van der Waals surface area (Å²) in [6, 6.07) is 0. The Labute approximate surface area is 98.6 Å². The van der Waals surface area contributed by atoms with E-state index < -0.39 is 0 Å². The predicted molar refractivity (Wildman–Crippen MR) is 68.3 cm³/mol. The zero-order valence-electron chi connectivity index (χ0n) is 10.6. The lowest BCUT2D eigenvalue weighted by Gasteiger charge is -2.31. The van der Waals surface area contributed by atoms with Crippen LogP contribution in [0.1, 0.15) is 46.0 Å². The molecular formula is C11H25N5. The molecule has 5 heteroatoms. The van der Waals surface area contributed by atoms with Crippen molar-refractivity contribution in [1.82, 2.24) is 5.53 Å². The van der Waals surface area contributed by atoms with E-state index in [1.807, 2.05) is 0 Å². The van der Waals surface area contributed by atoms with Gasteiger partial charge in [0.25, 0.3) is 0 Å². The van der Waals surface area contributed by atoms with E-state index in [0.29, 0.717) is 6.54 Å². The fourth-order valence-corrected chi connectivity index (χ4v) is 2.14. The van der Waals surface area contributed by atoms with Crippen LogP contribution in [-0.2, 0) is 0 Å². The Morgan fingerprint density at radius 3 is 2.25 bits per heavy atom. The van der Waals surface area contributed by atoms with Crippen LogP contribution in [0.15, 0.2) is 15.4 Å². The van der Waals surface area contributed by atoms with Crippen LogP contribution < -0.4 is 11.3 Å². The molecule has 0 unspecified atom stereocenters. The molecule has 0 bridgehead atoms. The van der Waals surface area contributed by atoms with Gasteiger partial charge in [0.1, 0.15) is 0 Å². The van der Waals surface area contributed by atoms with Gasteiger partial charge in [0, 0.05) is 6.72 Å². The first-order valence-corrected chi connectivity index (χ1v) is 6.02. The molecule has 0 aliphatic heterocycles. The highest BCUT2D eigenvalue weighted by Gasteiger charge is 2.25. The Hall–Kier alpha value is -0.970. The maximum Gasteiger partial charge on any atom is 0.0626 e. The summed E-state index contributed by atoms with van der Waals surface area (Å²) in [6.07, 6.45) is 5.66. The molecule has 94 valence electrons. The summed E-state index contributed by atoms with van der Waals surface area (Å²) in [5.41, 5.74) is 8.50. The molecule has 0 aliphatic carbocycles. The van der Waals surface area contributed by atoms with Crippen molar-refractivity contribution in [1.29, 1.82) is 0 Å². The van der Waals surface area contributed by atoms with E-state index in [1.165, 1.54) is 25.7 Å². The highest BCUT2D eigenvalue weighted by molar-refractivity contribution is 5.21. The third-order valence-electron chi connectivity index (χ3n) is 2.92. The highest BCUT2D eigenvalue weighted by atomic mass is 15.6. The number of hydrogen-bond acceptors (Lipinski definition) is 4. The SMILES string of the molecule is C=NNN=NCCC(CN)(CCC)CCC. The van der Waals surface area contributed by atoms with E-state index >= 15 is 0 Å². The molecule has 0 rings (SSSR count). The average molecular weight is 227 g/mol. The second-order valence-corrected chi connectivity index (χ2v) is 4.18. The van der Waals surface area contributed by atoms with Crippen molar-refractivity contribution in [3.8, 4) is 0 Å². The normalized spacial score (nSPS) is 11.9. The maximum absolute atomic E-state index is 5.90. The van der Waals surface area contributed by atoms with Crippen LogP contribution >= 0.6 is 0 Å². The molecule has 0 saturated heterocycles. The van der Waals surface area contributed by atoms with Gasteiger partial charge in [-0.05, 0) is 31.2 Å². The third-order valence-corrected chi connectivity index (χ3v) is 2.92. The zero-order valence-corrected chi connectivity index (χ0v) is 10.6. The lowest BCUT2D eigenvalue weighted by molar-refractivity contribution is 0.227. The summed E-state index contributed by atoms with van der Waals surface area (Å²) in [4.78, 5) is 0. The first-order valence-electron chi connectivity index (χ1n) is 6.02. The molecule has 0 fully saturated rings. The van der Waals surface area contributed by atoms with Crippen LogP contribution in [0, 0.1) is 5.41 Å². The Morgan fingerprint density at radius 1 is 1.19 bits per heavy atom. The van der Waals surface area contributed by atoms with Crippen molar-refractivity contribution in [2.24, 2.45) is 26.6 Å². The van der Waals surface area contributed by atoms with Crippen LogP contribution in [0.2, 0.25) is 0 Å². The minimum atomic E-state index is 0.240. The molecule has 0 radical (unpaired) electrons. The van der Waals surface area contributed by atoms with Gasteiger partial charge in [0.15, 0.2) is 0 Å². The minimum absolute atomic E-state index is 0.240. The van der Waals surface area contributed by atoms with Crippen LogP contribution in [0.5, 0.6) is 0 Å². The number of nitrogens with two attached hydrogens (primary N) is 1. The maximum atomic E-state index is 5.90. The van der Waals surface area contributed by atoms with E-state index in [2.05, 4.69) is 41.5 Å². The molecule has 0 amide bonds. The number of nitrogens with one attached hydrogen (secondary N) is 1. The van der Waals surface area contributed by atoms with Crippen molar-refractivity contribution < 1.29 is 0 Å². The van der Waals surface area contributed by atoms with Crippen molar-refractivity contribution in [3.63, 3.8) is 0 Å². The number of hydrazone groups is 1. The summed E-state index contributed by atoms with van der Waals surface area (Å²) in [7, 11) is 0. The fraction of sp³-hybridized carbons (Fsp3) is 0.909. The molecule has 0 aromatic rings. The van der Waals surface area contributed by atoms with Gasteiger partial charge in [-0.15, -0.1) is 0 Å². The van der Waals surface area contributed by atoms with Gasteiger partial charge in [0.05, 0.1) is 6.54 Å². The van der Waals surface area contributed by atoms with Crippen LogP contribution in [0.3, 0.4) is 0 Å². The molecule has 0 spiro atoms. The van der Waals surface area contributed by atoms with E-state index in [1.54, 1.807) is 0 Å². The summed E-state index contributed by atoms with van der Waals surface area (Å²) in [5, 5.41) is 11.0. The van der Waals surface area contributed by atoms with E-state index in [9.17, 15) is 0 Å². The predicted octanol–water partition coefficient (Wildman–Crippen LogP) is 2.49. The van der Waals surface area contributed by atoms with E-state index in [0.717, 1.165) is 13.0 Å². The summed E-state index contributed by atoms with van der Waals surface area (Å²) >= 11 is 0. The first kappa shape index (κ1) is 15.0. The van der Waals surface area contributed by atoms with Gasteiger partial charge in [-0.1, -0.05) is 31.9 Å². The topological polar surface area (TPSA) is 75.1 Å². The molecule has 0 aromatic carbocycles. The summed E-state index contributed by atoms with van der Waals surface area (Å²) in [6.45, 7) is 9.07. The Bertz CT molecular complexity index is 197. The summed E-state index contributed by atoms with van der Waals surface area (Å²) < 4.78 is 0. The van der Waals surface area contributed by atoms with E-state index in [4.69, 9.17) is 5.73 Å². The molecule has 16 heavy (non-hydrogen) atoms. The monoisotopic (exact) mass is 227 g/mol. The molecule has 0 heterocycles. The van der Waals surface area contributed by atoms with Gasteiger partial charge in [-0.2, -0.15) is 15.8 Å². The number of hydrogen-bond donors (Lipinski definition) is 2. The molecule has 5 nitrogen and oxygen atoms in total. The van der Waals surface area contributed by atoms with Gasteiger partial charge >= 0.3 is 0 Å². The molecule has 0 aromatic heterocycles. The number of rotatable bonds is 10. The van der Waals surface area contributed by atoms with Crippen LogP contribution in [0.4, 0.5) is 0 Å². The Kier molecular flexibility index (Phi) is 8.71. The largest absolute Gasteiger partial charge is 0.330 e. The second kappa shape index (κ2) is 9.27. The van der Waals surface area contributed by atoms with Gasteiger partial charge in [0.2, 0.25) is 0 Å². The Morgan fingerprint density at radius 2 is 1.81 bits per heavy atom. The van der Waals surface area contributed by atoms with Crippen molar-refractivity contribution in [2.45, 2.75) is 46.0 Å². The summed E-state index contributed by atoms with van der Waals surface area (Å²) in [5.74, 6) is 0. The smallest absolute Gasteiger partial charge is 0.0626 e. The van der Waals surface area contributed by atoms with Crippen LogP contribution in [0.25, 0.3) is 0 Å². The molecule has 0 atom stereocenters. The van der Waals surface area contributed by atoms with Crippen molar-refractivity contribution in [3.05, 3.63) is 0 Å². The third kappa shape index (κ3) is 5.80. The molecular weight excluding hydrogens is 202 g/mol. The first-order chi connectivity index (χ1) is 7.74. The standard InChI is InChI=1S/C11H25N5/c1-4-6-11(10-12,7-5-2)8-9-14-16-15-13-3/h3-10,12H2,1-2H3,(H,14,15). The lowest BCUT2D eigenvalue weighted by Crippen LogP contribution is -2.31. The fourth-order valence-electron chi connectivity index (χ4n) is 2.14. The van der Waals surface area contributed by atoms with E-state index in [-0.39, 0.29) is 5.41 Å². The molecule has 0 saturated carbocycles. The second-order valence-electron chi connectivity index (χ2n) is 4.18. The van der Waals surface area contributed by atoms with Crippen molar-refractivity contribution in [2.75, 3.05) is 13.1 Å². The number of nitrogens with zero attached hydrogens (tertiary/aromatic N) is 3. The van der Waals surface area contributed by atoms with Gasteiger partial charge in [-0.25, -0.2) is 0 Å².